The number of nitrogens with zero attached hydrogens (tertiary/aromatic N) is 3. The molecule has 7 heteroatoms. The monoisotopic (exact) mass is 310 g/mol. The molecule has 0 aliphatic heterocycles. The molecule has 104 valence electrons. The van der Waals surface area contributed by atoms with Crippen molar-refractivity contribution in [1.29, 1.82) is 0 Å². The second kappa shape index (κ2) is 5.64. The van der Waals surface area contributed by atoms with Gasteiger partial charge in [0.2, 0.25) is 0 Å². The lowest BCUT2D eigenvalue weighted by molar-refractivity contribution is -0.112. The molecule has 1 amide bonds. The van der Waals surface area contributed by atoms with E-state index in [0.717, 1.165) is 5.69 Å². The number of rotatable bonds is 3. The Morgan fingerprint density at radius 1 is 1.40 bits per heavy atom. The second-order valence-electron chi connectivity index (χ2n) is 4.28. The molecule has 0 aromatic carbocycles. The first-order valence-corrected chi connectivity index (χ1v) is 6.49. The Hall–Kier alpha value is -1.85. The molecule has 2 rings (SSSR count). The quantitative estimate of drug-likeness (QED) is 0.884. The van der Waals surface area contributed by atoms with Gasteiger partial charge in [0.1, 0.15) is 5.82 Å². The lowest BCUT2D eigenvalue weighted by Crippen LogP contribution is -2.15. The van der Waals surface area contributed by atoms with E-state index in [4.69, 9.17) is 23.2 Å². The molecule has 20 heavy (non-hydrogen) atoms. The van der Waals surface area contributed by atoms with Crippen LogP contribution >= 0.6 is 23.2 Å². The summed E-state index contributed by atoms with van der Waals surface area (Å²) in [5.74, 6) is 0.560. The summed E-state index contributed by atoms with van der Waals surface area (Å²) >= 11 is 11.9. The first kappa shape index (κ1) is 14.6. The largest absolute Gasteiger partial charge is 0.307 e. The van der Waals surface area contributed by atoms with Crippen LogP contribution in [0.3, 0.4) is 0 Å². The van der Waals surface area contributed by atoms with Gasteiger partial charge in [-0.05, 0) is 19.9 Å². The highest BCUT2D eigenvalue weighted by Crippen LogP contribution is 2.25. The lowest BCUT2D eigenvalue weighted by Gasteiger charge is -2.09. The van der Waals surface area contributed by atoms with Crippen molar-refractivity contribution in [3.05, 3.63) is 46.2 Å². The van der Waals surface area contributed by atoms with E-state index >= 15 is 0 Å². The fourth-order valence-corrected chi connectivity index (χ4v) is 2.00. The van der Waals surface area contributed by atoms with E-state index in [-0.39, 0.29) is 5.91 Å². The van der Waals surface area contributed by atoms with E-state index in [0.29, 0.717) is 27.3 Å². The van der Waals surface area contributed by atoms with Gasteiger partial charge in [-0.2, -0.15) is 9.78 Å². The van der Waals surface area contributed by atoms with Crippen LogP contribution in [0.2, 0.25) is 10.0 Å². The molecular weight excluding hydrogens is 299 g/mol. The number of aromatic nitrogens is 3. The number of hydrogen-bond acceptors (Lipinski definition) is 3. The van der Waals surface area contributed by atoms with Crippen molar-refractivity contribution in [2.45, 2.75) is 13.8 Å². The van der Waals surface area contributed by atoms with Crippen molar-refractivity contribution in [1.82, 2.24) is 14.8 Å². The van der Waals surface area contributed by atoms with Gasteiger partial charge in [-0.15, -0.1) is 0 Å². The van der Waals surface area contributed by atoms with Gasteiger partial charge in [-0.1, -0.05) is 29.8 Å². The Bertz CT molecular complexity index is 694. The average molecular weight is 311 g/mol. The van der Waals surface area contributed by atoms with Gasteiger partial charge in [0.15, 0.2) is 5.82 Å². The van der Waals surface area contributed by atoms with E-state index in [1.54, 1.807) is 26.0 Å². The molecule has 0 bridgehead atoms. The van der Waals surface area contributed by atoms with Crippen molar-refractivity contribution < 1.29 is 4.79 Å². The fourth-order valence-electron chi connectivity index (χ4n) is 1.54. The van der Waals surface area contributed by atoms with Crippen molar-refractivity contribution in [2.24, 2.45) is 0 Å². The first-order chi connectivity index (χ1) is 9.38. The van der Waals surface area contributed by atoms with Crippen LogP contribution in [-0.4, -0.2) is 20.7 Å². The molecule has 2 heterocycles. The maximum atomic E-state index is 11.7. The van der Waals surface area contributed by atoms with Gasteiger partial charge in [0.25, 0.3) is 5.91 Å². The molecule has 5 nitrogen and oxygen atoms in total. The lowest BCUT2D eigenvalue weighted by atomic mass is 10.3. The Labute approximate surface area is 126 Å². The fraction of sp³-hybridized carbons (Fsp3) is 0.154. The van der Waals surface area contributed by atoms with Crippen molar-refractivity contribution in [3.63, 3.8) is 0 Å². The third-order valence-electron chi connectivity index (χ3n) is 2.45. The molecular formula is C13H12Cl2N4O. The zero-order valence-corrected chi connectivity index (χ0v) is 12.5. The first-order valence-electron chi connectivity index (χ1n) is 5.73. The highest BCUT2D eigenvalue weighted by atomic mass is 35.5. The second-order valence-corrected chi connectivity index (χ2v) is 5.12. The smallest absolute Gasteiger partial charge is 0.251 e. The van der Waals surface area contributed by atoms with Crippen LogP contribution in [0.5, 0.6) is 0 Å². The summed E-state index contributed by atoms with van der Waals surface area (Å²) in [6.45, 7) is 7.01. The van der Waals surface area contributed by atoms with Crippen LogP contribution < -0.4 is 5.32 Å². The standard InChI is InChI=1S/C13H12Cl2N4O/c1-7(2)13(20)17-11-4-8(3)18-19(11)12-10(15)5-9(14)6-16-12/h4-6H,1H2,2-3H3,(H,17,20). The predicted molar refractivity (Wildman–Crippen MR) is 79.6 cm³/mol. The SMILES string of the molecule is C=C(C)C(=O)Nc1cc(C)nn1-c1ncc(Cl)cc1Cl. The molecule has 2 aromatic rings. The van der Waals surface area contributed by atoms with Gasteiger partial charge in [-0.25, -0.2) is 4.98 Å². The van der Waals surface area contributed by atoms with Crippen LogP contribution in [0.1, 0.15) is 12.6 Å². The number of hydrogen-bond donors (Lipinski definition) is 1. The summed E-state index contributed by atoms with van der Waals surface area (Å²) in [6.07, 6.45) is 1.46. The Morgan fingerprint density at radius 3 is 2.70 bits per heavy atom. The zero-order valence-electron chi connectivity index (χ0n) is 10.9. The topological polar surface area (TPSA) is 59.8 Å². The van der Waals surface area contributed by atoms with Gasteiger partial charge in [0.05, 0.1) is 15.7 Å². The van der Waals surface area contributed by atoms with Crippen LogP contribution in [0, 0.1) is 6.92 Å². The number of nitrogens with one attached hydrogen (secondary N) is 1. The number of carbonyl (C=O) groups is 1. The number of pyridine rings is 1. The summed E-state index contributed by atoms with van der Waals surface area (Å²) < 4.78 is 1.45. The molecule has 0 unspecified atom stereocenters. The summed E-state index contributed by atoms with van der Waals surface area (Å²) in [4.78, 5) is 15.9. The van der Waals surface area contributed by atoms with Gasteiger partial charge >= 0.3 is 0 Å². The average Bonchev–Trinajstić information content (AvgIpc) is 2.70. The maximum Gasteiger partial charge on any atom is 0.251 e. The number of amides is 1. The van der Waals surface area contributed by atoms with Crippen molar-refractivity contribution in [2.75, 3.05) is 5.32 Å². The number of anilines is 1. The summed E-state index contributed by atoms with van der Waals surface area (Å²) in [5.41, 5.74) is 1.11. The molecule has 0 aliphatic rings. The van der Waals surface area contributed by atoms with E-state index in [1.807, 2.05) is 0 Å². The van der Waals surface area contributed by atoms with Crippen LogP contribution in [0.25, 0.3) is 5.82 Å². The van der Waals surface area contributed by atoms with Crippen molar-refractivity contribution in [3.8, 4) is 5.82 Å². The van der Waals surface area contributed by atoms with Crippen LogP contribution in [-0.2, 0) is 4.79 Å². The maximum absolute atomic E-state index is 11.7. The van der Waals surface area contributed by atoms with Gasteiger partial charge in [0, 0.05) is 17.8 Å². The van der Waals surface area contributed by atoms with Crippen molar-refractivity contribution >= 4 is 34.9 Å². The molecule has 2 aromatic heterocycles. The highest BCUT2D eigenvalue weighted by Gasteiger charge is 2.14. The minimum absolute atomic E-state index is 0.295. The van der Waals surface area contributed by atoms with E-state index in [2.05, 4.69) is 22.0 Å². The van der Waals surface area contributed by atoms with E-state index < -0.39 is 0 Å². The predicted octanol–water partition coefficient (Wildman–Crippen LogP) is 3.40. The molecule has 0 aliphatic carbocycles. The molecule has 0 fully saturated rings. The van der Waals surface area contributed by atoms with E-state index in [9.17, 15) is 4.79 Å². The zero-order chi connectivity index (χ0) is 14.9. The van der Waals surface area contributed by atoms with Crippen LogP contribution in [0.4, 0.5) is 5.82 Å². The van der Waals surface area contributed by atoms with Gasteiger partial charge < -0.3 is 5.32 Å². The Kier molecular flexibility index (Phi) is 4.11. The summed E-state index contributed by atoms with van der Waals surface area (Å²) in [6, 6.07) is 3.28. The molecule has 1 N–H and O–H groups in total. The normalized spacial score (nSPS) is 10.4. The number of halogens is 2. The third kappa shape index (κ3) is 3.00. The Balaban J connectivity index is 2.46. The third-order valence-corrected chi connectivity index (χ3v) is 2.93. The summed E-state index contributed by atoms with van der Waals surface area (Å²) in [5, 5.41) is 7.73. The van der Waals surface area contributed by atoms with E-state index in [1.165, 1.54) is 10.9 Å². The molecule has 0 saturated heterocycles. The minimum Gasteiger partial charge on any atom is -0.307 e. The molecule has 0 spiro atoms. The van der Waals surface area contributed by atoms with Gasteiger partial charge in [-0.3, -0.25) is 4.79 Å². The highest BCUT2D eigenvalue weighted by molar-refractivity contribution is 6.35. The minimum atomic E-state index is -0.295. The molecule has 0 saturated carbocycles. The Morgan fingerprint density at radius 2 is 2.10 bits per heavy atom. The number of carbonyl (C=O) groups excluding carboxylic acids is 1. The molecule has 0 radical (unpaired) electrons. The number of aryl methyl sites for hydroxylation is 1. The summed E-state index contributed by atoms with van der Waals surface area (Å²) in [7, 11) is 0. The van der Waals surface area contributed by atoms with Crippen LogP contribution in [0.15, 0.2) is 30.5 Å². The molecule has 0 atom stereocenters.